The first-order valence-electron chi connectivity index (χ1n) is 4.88. The van der Waals surface area contributed by atoms with Gasteiger partial charge < -0.3 is 9.67 Å². The zero-order valence-corrected chi connectivity index (χ0v) is 8.52. The lowest BCUT2D eigenvalue weighted by Gasteiger charge is -2.15. The van der Waals surface area contributed by atoms with Crippen LogP contribution in [0, 0.1) is 0 Å². The zero-order valence-electron chi connectivity index (χ0n) is 8.52. The first-order chi connectivity index (χ1) is 7.77. The Labute approximate surface area is 92.4 Å². The summed E-state index contributed by atoms with van der Waals surface area (Å²) in [5.74, 6) is -0.845. The van der Waals surface area contributed by atoms with Gasteiger partial charge in [0.05, 0.1) is 12.5 Å². The molecular formula is C11H11N3O2. The van der Waals surface area contributed by atoms with Gasteiger partial charge in [-0.15, -0.1) is 10.2 Å². The molecule has 0 saturated heterocycles. The van der Waals surface area contributed by atoms with Crippen molar-refractivity contribution in [2.45, 2.75) is 12.5 Å². The van der Waals surface area contributed by atoms with Crippen LogP contribution >= 0.6 is 0 Å². The SMILES string of the molecule is O=C(O)CC(c1ccccc1)n1cnnc1. The second-order valence-electron chi connectivity index (χ2n) is 3.43. The predicted octanol–water partition coefficient (Wildman–Crippen LogP) is 1.34. The van der Waals surface area contributed by atoms with E-state index >= 15 is 0 Å². The number of aliphatic carboxylic acids is 1. The monoisotopic (exact) mass is 217 g/mol. The molecule has 82 valence electrons. The maximum absolute atomic E-state index is 10.8. The summed E-state index contributed by atoms with van der Waals surface area (Å²) in [4.78, 5) is 10.8. The summed E-state index contributed by atoms with van der Waals surface area (Å²) >= 11 is 0. The Balaban J connectivity index is 2.32. The number of nitrogens with zero attached hydrogens (tertiary/aromatic N) is 3. The Morgan fingerprint density at radius 2 is 1.88 bits per heavy atom. The summed E-state index contributed by atoms with van der Waals surface area (Å²) in [5.41, 5.74) is 0.935. The van der Waals surface area contributed by atoms with Crippen molar-refractivity contribution in [3.05, 3.63) is 48.5 Å². The molecule has 0 aliphatic carbocycles. The molecule has 0 bridgehead atoms. The lowest BCUT2D eigenvalue weighted by molar-refractivity contribution is -0.137. The highest BCUT2D eigenvalue weighted by molar-refractivity contribution is 5.68. The van der Waals surface area contributed by atoms with Gasteiger partial charge in [-0.25, -0.2) is 0 Å². The zero-order chi connectivity index (χ0) is 11.4. The highest BCUT2D eigenvalue weighted by Gasteiger charge is 2.16. The minimum Gasteiger partial charge on any atom is -0.481 e. The summed E-state index contributed by atoms with van der Waals surface area (Å²) in [5, 5.41) is 16.3. The van der Waals surface area contributed by atoms with Crippen LogP contribution in [-0.4, -0.2) is 25.8 Å². The van der Waals surface area contributed by atoms with E-state index in [9.17, 15) is 4.79 Å². The van der Waals surface area contributed by atoms with E-state index in [-0.39, 0.29) is 12.5 Å². The molecule has 1 aromatic carbocycles. The largest absolute Gasteiger partial charge is 0.481 e. The molecule has 0 spiro atoms. The summed E-state index contributed by atoms with van der Waals surface area (Å²) in [7, 11) is 0. The number of hydrogen-bond donors (Lipinski definition) is 1. The van der Waals surface area contributed by atoms with Crippen molar-refractivity contribution in [1.29, 1.82) is 0 Å². The topological polar surface area (TPSA) is 68.0 Å². The van der Waals surface area contributed by atoms with Gasteiger partial charge in [0, 0.05) is 0 Å². The van der Waals surface area contributed by atoms with Crippen LogP contribution in [0.3, 0.4) is 0 Å². The third-order valence-corrected chi connectivity index (χ3v) is 2.35. The van der Waals surface area contributed by atoms with Crippen LogP contribution in [0.4, 0.5) is 0 Å². The van der Waals surface area contributed by atoms with E-state index < -0.39 is 5.97 Å². The van der Waals surface area contributed by atoms with E-state index in [1.54, 1.807) is 4.57 Å². The van der Waals surface area contributed by atoms with Crippen molar-refractivity contribution >= 4 is 5.97 Å². The summed E-state index contributed by atoms with van der Waals surface area (Å²) in [6, 6.07) is 9.20. The van der Waals surface area contributed by atoms with Gasteiger partial charge in [0.25, 0.3) is 0 Å². The van der Waals surface area contributed by atoms with Crippen LogP contribution in [-0.2, 0) is 4.79 Å². The maximum Gasteiger partial charge on any atom is 0.305 e. The Kier molecular flexibility index (Phi) is 2.95. The molecule has 5 nitrogen and oxygen atoms in total. The molecule has 16 heavy (non-hydrogen) atoms. The summed E-state index contributed by atoms with van der Waals surface area (Å²) in [6.45, 7) is 0. The van der Waals surface area contributed by atoms with Crippen LogP contribution in [0.2, 0.25) is 0 Å². The van der Waals surface area contributed by atoms with E-state index in [0.29, 0.717) is 0 Å². The van der Waals surface area contributed by atoms with Gasteiger partial charge >= 0.3 is 5.97 Å². The first kappa shape index (κ1) is 10.4. The Morgan fingerprint density at radius 1 is 1.25 bits per heavy atom. The van der Waals surface area contributed by atoms with Crippen LogP contribution in [0.1, 0.15) is 18.0 Å². The van der Waals surface area contributed by atoms with Gasteiger partial charge in [-0.1, -0.05) is 30.3 Å². The van der Waals surface area contributed by atoms with Crippen LogP contribution in [0.25, 0.3) is 0 Å². The molecule has 0 saturated carbocycles. The molecule has 0 radical (unpaired) electrons. The lowest BCUT2D eigenvalue weighted by Crippen LogP contribution is -2.13. The number of hydrogen-bond acceptors (Lipinski definition) is 3. The second kappa shape index (κ2) is 4.57. The van der Waals surface area contributed by atoms with E-state index in [1.807, 2.05) is 30.3 Å². The highest BCUT2D eigenvalue weighted by Crippen LogP contribution is 2.20. The highest BCUT2D eigenvalue weighted by atomic mass is 16.4. The second-order valence-corrected chi connectivity index (χ2v) is 3.43. The molecule has 2 aromatic rings. The lowest BCUT2D eigenvalue weighted by atomic mass is 10.0. The average Bonchev–Trinajstić information content (AvgIpc) is 2.80. The number of carboxylic acid groups (broad SMARTS) is 1. The fourth-order valence-corrected chi connectivity index (χ4v) is 1.61. The number of rotatable bonds is 4. The first-order valence-corrected chi connectivity index (χ1v) is 4.88. The van der Waals surface area contributed by atoms with Crippen molar-refractivity contribution in [1.82, 2.24) is 14.8 Å². The smallest absolute Gasteiger partial charge is 0.305 e. The molecule has 0 aliphatic heterocycles. The van der Waals surface area contributed by atoms with Crippen molar-refractivity contribution < 1.29 is 9.90 Å². The molecule has 1 atom stereocenters. The van der Waals surface area contributed by atoms with Crippen LogP contribution < -0.4 is 0 Å². The average molecular weight is 217 g/mol. The van der Waals surface area contributed by atoms with Gasteiger partial charge in [-0.05, 0) is 5.56 Å². The van der Waals surface area contributed by atoms with Crippen molar-refractivity contribution in [2.24, 2.45) is 0 Å². The molecular weight excluding hydrogens is 206 g/mol. The van der Waals surface area contributed by atoms with Gasteiger partial charge in [-0.2, -0.15) is 0 Å². The molecule has 1 aromatic heterocycles. The van der Waals surface area contributed by atoms with Crippen molar-refractivity contribution in [3.8, 4) is 0 Å². The van der Waals surface area contributed by atoms with Gasteiger partial charge in [0.15, 0.2) is 0 Å². The molecule has 1 heterocycles. The third-order valence-electron chi connectivity index (χ3n) is 2.35. The van der Waals surface area contributed by atoms with E-state index in [0.717, 1.165) is 5.56 Å². The Bertz CT molecular complexity index is 453. The van der Waals surface area contributed by atoms with E-state index in [4.69, 9.17) is 5.11 Å². The Hall–Kier alpha value is -2.17. The minimum absolute atomic E-state index is 0.0159. The van der Waals surface area contributed by atoms with Crippen LogP contribution in [0.5, 0.6) is 0 Å². The standard InChI is InChI=1S/C11H11N3O2/c15-11(16)6-10(14-7-12-13-8-14)9-4-2-1-3-5-9/h1-5,7-8,10H,6H2,(H,15,16). The number of aromatic nitrogens is 3. The molecule has 0 aliphatic rings. The molecule has 0 amide bonds. The summed E-state index contributed by atoms with van der Waals surface area (Å²) in [6.07, 6.45) is 3.07. The van der Waals surface area contributed by atoms with E-state index in [2.05, 4.69) is 10.2 Å². The maximum atomic E-state index is 10.8. The summed E-state index contributed by atoms with van der Waals surface area (Å²) < 4.78 is 1.70. The fourth-order valence-electron chi connectivity index (χ4n) is 1.61. The molecule has 5 heteroatoms. The normalized spacial score (nSPS) is 12.2. The molecule has 1 unspecified atom stereocenters. The quantitative estimate of drug-likeness (QED) is 0.839. The third kappa shape index (κ3) is 2.25. The predicted molar refractivity (Wildman–Crippen MR) is 56.9 cm³/mol. The number of carboxylic acids is 1. The number of benzene rings is 1. The van der Waals surface area contributed by atoms with E-state index in [1.165, 1.54) is 12.7 Å². The molecule has 1 N–H and O–H groups in total. The number of carbonyl (C=O) groups is 1. The fraction of sp³-hybridized carbons (Fsp3) is 0.182. The molecule has 0 fully saturated rings. The van der Waals surface area contributed by atoms with Gasteiger partial charge in [0.1, 0.15) is 12.7 Å². The van der Waals surface area contributed by atoms with Gasteiger partial charge in [0.2, 0.25) is 0 Å². The van der Waals surface area contributed by atoms with Gasteiger partial charge in [-0.3, -0.25) is 4.79 Å². The minimum atomic E-state index is -0.845. The van der Waals surface area contributed by atoms with Crippen molar-refractivity contribution in [3.63, 3.8) is 0 Å². The molecule has 2 rings (SSSR count). The van der Waals surface area contributed by atoms with Crippen LogP contribution in [0.15, 0.2) is 43.0 Å². The Morgan fingerprint density at radius 3 is 2.44 bits per heavy atom. The van der Waals surface area contributed by atoms with Crippen molar-refractivity contribution in [2.75, 3.05) is 0 Å².